The van der Waals surface area contributed by atoms with Crippen molar-refractivity contribution in [1.82, 2.24) is 5.01 Å². The molecule has 2 unspecified atom stereocenters. The summed E-state index contributed by atoms with van der Waals surface area (Å²) in [6.45, 7) is 3.58. The zero-order chi connectivity index (χ0) is 20.7. The van der Waals surface area contributed by atoms with Crippen LogP contribution in [0.5, 0.6) is 0 Å². The Bertz CT molecular complexity index is 1040. The molecule has 0 saturated carbocycles. The zero-order valence-corrected chi connectivity index (χ0v) is 16.6. The van der Waals surface area contributed by atoms with Crippen LogP contribution < -0.4 is 10.2 Å². The molecule has 0 aliphatic carbocycles. The van der Waals surface area contributed by atoms with Crippen LogP contribution in [0.15, 0.2) is 52.8 Å². The maximum absolute atomic E-state index is 12.9. The molecule has 9 heteroatoms. The van der Waals surface area contributed by atoms with Gasteiger partial charge in [-0.15, -0.1) is 0 Å². The predicted octanol–water partition coefficient (Wildman–Crippen LogP) is 2.89. The highest BCUT2D eigenvalue weighted by atomic mass is 35.5. The fraction of sp³-hybridized carbons (Fsp3) is 0.250. The van der Waals surface area contributed by atoms with Gasteiger partial charge in [0.25, 0.3) is 11.8 Å². The van der Waals surface area contributed by atoms with Gasteiger partial charge >= 0.3 is 0 Å². The molecule has 0 aromatic heterocycles. The quantitative estimate of drug-likeness (QED) is 0.782. The van der Waals surface area contributed by atoms with Crippen molar-refractivity contribution in [3.05, 3.63) is 58.6 Å². The lowest BCUT2D eigenvalue weighted by Gasteiger charge is -2.20. The van der Waals surface area contributed by atoms with Crippen molar-refractivity contribution in [3.63, 3.8) is 0 Å². The minimum atomic E-state index is -0.945. The SMILES string of the molecule is Cc1ccc(N2C(=O)C3N=NN(CC(=O)Nc4ccc(C)cc4Cl)C3C2=O)cc1. The first-order valence-corrected chi connectivity index (χ1v) is 9.41. The lowest BCUT2D eigenvalue weighted by atomic mass is 10.1. The summed E-state index contributed by atoms with van der Waals surface area (Å²) in [7, 11) is 0. The maximum atomic E-state index is 12.9. The summed E-state index contributed by atoms with van der Waals surface area (Å²) < 4.78 is 0. The van der Waals surface area contributed by atoms with Gasteiger partial charge in [-0.05, 0) is 43.7 Å². The van der Waals surface area contributed by atoms with Gasteiger partial charge < -0.3 is 5.32 Å². The van der Waals surface area contributed by atoms with E-state index in [1.54, 1.807) is 24.3 Å². The Morgan fingerprint density at radius 3 is 2.45 bits per heavy atom. The summed E-state index contributed by atoms with van der Waals surface area (Å²) in [6.07, 6.45) is 0. The number of halogens is 1. The molecule has 4 rings (SSSR count). The molecule has 0 bridgehead atoms. The van der Waals surface area contributed by atoms with Gasteiger partial charge in [-0.3, -0.25) is 19.4 Å². The lowest BCUT2D eigenvalue weighted by molar-refractivity contribution is -0.123. The van der Waals surface area contributed by atoms with Gasteiger partial charge in [0.15, 0.2) is 12.1 Å². The van der Waals surface area contributed by atoms with Gasteiger partial charge in [0.1, 0.15) is 6.54 Å². The standard InChI is InChI=1S/C20H18ClN5O3/c1-11-3-6-13(7-4-11)26-19(28)17-18(20(26)29)25(24-23-17)10-16(27)22-15-8-5-12(2)9-14(15)21/h3-9,17-18H,10H2,1-2H3,(H,22,27). The number of carbonyl (C=O) groups is 3. The zero-order valence-electron chi connectivity index (χ0n) is 15.8. The molecule has 0 radical (unpaired) electrons. The minimum absolute atomic E-state index is 0.227. The number of rotatable bonds is 4. The van der Waals surface area contributed by atoms with Crippen LogP contribution in [0.4, 0.5) is 11.4 Å². The minimum Gasteiger partial charge on any atom is -0.323 e. The number of carbonyl (C=O) groups excluding carboxylic acids is 3. The monoisotopic (exact) mass is 411 g/mol. The molecule has 2 heterocycles. The molecule has 0 spiro atoms. The number of benzene rings is 2. The van der Waals surface area contributed by atoms with Crippen molar-refractivity contribution in [3.8, 4) is 0 Å². The van der Waals surface area contributed by atoms with Crippen LogP contribution in [0.25, 0.3) is 0 Å². The highest BCUT2D eigenvalue weighted by Gasteiger charge is 2.55. The van der Waals surface area contributed by atoms with Crippen LogP contribution in [0.3, 0.4) is 0 Å². The van der Waals surface area contributed by atoms with Crippen molar-refractivity contribution in [2.24, 2.45) is 10.3 Å². The van der Waals surface area contributed by atoms with Gasteiger partial charge in [-0.25, -0.2) is 4.90 Å². The van der Waals surface area contributed by atoms with E-state index in [0.717, 1.165) is 16.0 Å². The Hall–Kier alpha value is -3.26. The Morgan fingerprint density at radius 1 is 1.07 bits per heavy atom. The predicted molar refractivity (Wildman–Crippen MR) is 108 cm³/mol. The summed E-state index contributed by atoms with van der Waals surface area (Å²) >= 11 is 6.14. The van der Waals surface area contributed by atoms with E-state index in [-0.39, 0.29) is 6.54 Å². The van der Waals surface area contributed by atoms with E-state index in [1.807, 2.05) is 32.0 Å². The normalized spacial score (nSPS) is 20.4. The van der Waals surface area contributed by atoms with Crippen molar-refractivity contribution in [1.29, 1.82) is 0 Å². The fourth-order valence-corrected chi connectivity index (χ4v) is 3.64. The number of fused-ring (bicyclic) bond motifs is 1. The van der Waals surface area contributed by atoms with E-state index >= 15 is 0 Å². The van der Waals surface area contributed by atoms with Crippen molar-refractivity contribution >= 4 is 40.7 Å². The van der Waals surface area contributed by atoms with Crippen LogP contribution >= 0.6 is 11.6 Å². The molecule has 148 valence electrons. The summed E-state index contributed by atoms with van der Waals surface area (Å²) in [4.78, 5) is 39.2. The third-order valence-corrected chi connectivity index (χ3v) is 5.17. The van der Waals surface area contributed by atoms with E-state index < -0.39 is 29.8 Å². The molecule has 3 amide bonds. The van der Waals surface area contributed by atoms with Crippen molar-refractivity contribution < 1.29 is 14.4 Å². The molecular weight excluding hydrogens is 394 g/mol. The molecule has 2 aromatic rings. The molecule has 1 fully saturated rings. The molecule has 1 saturated heterocycles. The lowest BCUT2D eigenvalue weighted by Crippen LogP contribution is -2.43. The van der Waals surface area contributed by atoms with Gasteiger partial charge in [0.2, 0.25) is 5.91 Å². The number of hydrogen-bond donors (Lipinski definition) is 1. The molecule has 8 nitrogen and oxygen atoms in total. The number of anilines is 2. The third kappa shape index (κ3) is 3.47. The summed E-state index contributed by atoms with van der Waals surface area (Å²) in [5, 5.41) is 12.2. The van der Waals surface area contributed by atoms with E-state index in [1.165, 1.54) is 5.01 Å². The highest BCUT2D eigenvalue weighted by Crippen LogP contribution is 2.32. The molecule has 2 aliphatic rings. The van der Waals surface area contributed by atoms with E-state index in [2.05, 4.69) is 15.7 Å². The smallest absolute Gasteiger partial charge is 0.263 e. The molecule has 2 atom stereocenters. The molecular formula is C20H18ClN5O3. The Kier molecular flexibility index (Phi) is 4.79. The number of nitrogens with zero attached hydrogens (tertiary/aromatic N) is 4. The number of amides is 3. The first kappa shape index (κ1) is 19.1. The van der Waals surface area contributed by atoms with E-state index in [9.17, 15) is 14.4 Å². The van der Waals surface area contributed by atoms with Gasteiger partial charge in [0.05, 0.1) is 16.4 Å². The topological polar surface area (TPSA) is 94.4 Å². The Labute approximate surface area is 172 Å². The Balaban J connectivity index is 1.49. The summed E-state index contributed by atoms with van der Waals surface area (Å²) in [5.74, 6) is -1.31. The molecule has 29 heavy (non-hydrogen) atoms. The largest absolute Gasteiger partial charge is 0.323 e. The second-order valence-corrected chi connectivity index (χ2v) is 7.48. The maximum Gasteiger partial charge on any atom is 0.263 e. The average Bonchev–Trinajstić information content (AvgIpc) is 3.19. The first-order valence-electron chi connectivity index (χ1n) is 9.03. The third-order valence-electron chi connectivity index (χ3n) is 4.85. The van der Waals surface area contributed by atoms with Crippen molar-refractivity contribution in [2.75, 3.05) is 16.8 Å². The van der Waals surface area contributed by atoms with Gasteiger partial charge in [-0.1, -0.05) is 40.6 Å². The van der Waals surface area contributed by atoms with E-state index in [0.29, 0.717) is 16.4 Å². The number of hydrogen-bond acceptors (Lipinski definition) is 6. The summed E-state index contributed by atoms with van der Waals surface area (Å²) in [5.41, 5.74) is 2.92. The van der Waals surface area contributed by atoms with Crippen LogP contribution in [-0.4, -0.2) is 41.4 Å². The van der Waals surface area contributed by atoms with Gasteiger partial charge in [0, 0.05) is 0 Å². The Morgan fingerprint density at radius 2 is 1.76 bits per heavy atom. The number of imide groups is 1. The molecule has 2 aromatic carbocycles. The van der Waals surface area contributed by atoms with Crippen LogP contribution in [-0.2, 0) is 14.4 Å². The number of nitrogens with one attached hydrogen (secondary N) is 1. The van der Waals surface area contributed by atoms with Crippen molar-refractivity contribution in [2.45, 2.75) is 25.9 Å². The molecule has 1 N–H and O–H groups in total. The van der Waals surface area contributed by atoms with Gasteiger partial charge in [-0.2, -0.15) is 5.11 Å². The fourth-order valence-electron chi connectivity index (χ4n) is 3.36. The van der Waals surface area contributed by atoms with Crippen LogP contribution in [0.1, 0.15) is 11.1 Å². The number of aryl methyl sites for hydroxylation is 2. The second-order valence-electron chi connectivity index (χ2n) is 7.07. The van der Waals surface area contributed by atoms with Crippen LogP contribution in [0, 0.1) is 13.8 Å². The highest BCUT2D eigenvalue weighted by molar-refractivity contribution is 6.33. The molecule has 2 aliphatic heterocycles. The second kappa shape index (κ2) is 7.29. The summed E-state index contributed by atoms with van der Waals surface area (Å²) in [6, 6.07) is 10.5. The van der Waals surface area contributed by atoms with Crippen LogP contribution in [0.2, 0.25) is 5.02 Å². The van der Waals surface area contributed by atoms with E-state index in [4.69, 9.17) is 11.6 Å². The average molecular weight is 412 g/mol. The first-order chi connectivity index (χ1) is 13.8.